The highest BCUT2D eigenvalue weighted by Crippen LogP contribution is 2.29. The second-order valence-electron chi connectivity index (χ2n) is 10.2. The van der Waals surface area contributed by atoms with Crippen molar-refractivity contribution in [1.82, 2.24) is 10.3 Å². The molecule has 32 heavy (non-hydrogen) atoms. The van der Waals surface area contributed by atoms with Crippen molar-refractivity contribution in [3.8, 4) is 11.1 Å². The molecule has 1 aromatic heterocycles. The second kappa shape index (κ2) is 10.1. The standard InChI is InChI=1S/C27H37N3O2/c1-19-7-8-23(18-29-19)26(31)15-25-14-22(9-11-28-25)21-5-4-6-24(13-21)30-17-20-10-12-32-27(2,3)16-20/h4-6,9,11,13-14,19-20,23,29-30H,7-8,10,12,15-18H2,1-3H3/t19-,20-,23-/m1/s1. The van der Waals surface area contributed by atoms with E-state index in [9.17, 15) is 4.79 Å². The van der Waals surface area contributed by atoms with Crippen molar-refractivity contribution in [2.45, 2.75) is 64.5 Å². The Kier molecular flexibility index (Phi) is 7.27. The molecule has 2 aliphatic heterocycles. The summed E-state index contributed by atoms with van der Waals surface area (Å²) in [5.74, 6) is 1.03. The van der Waals surface area contributed by atoms with Crippen LogP contribution in [0.25, 0.3) is 11.1 Å². The van der Waals surface area contributed by atoms with Crippen LogP contribution < -0.4 is 10.6 Å². The van der Waals surface area contributed by atoms with E-state index in [1.54, 1.807) is 0 Å². The highest BCUT2D eigenvalue weighted by atomic mass is 16.5. The summed E-state index contributed by atoms with van der Waals surface area (Å²) in [4.78, 5) is 17.2. The van der Waals surface area contributed by atoms with Gasteiger partial charge in [0.2, 0.25) is 0 Å². The third kappa shape index (κ3) is 6.17. The van der Waals surface area contributed by atoms with Gasteiger partial charge in [0.1, 0.15) is 5.78 Å². The van der Waals surface area contributed by atoms with Gasteiger partial charge >= 0.3 is 0 Å². The van der Waals surface area contributed by atoms with Crippen molar-refractivity contribution in [3.63, 3.8) is 0 Å². The summed E-state index contributed by atoms with van der Waals surface area (Å²) in [7, 11) is 0. The minimum atomic E-state index is -0.0245. The number of hydrogen-bond acceptors (Lipinski definition) is 5. The van der Waals surface area contributed by atoms with Crippen LogP contribution in [-0.2, 0) is 16.0 Å². The Balaban J connectivity index is 1.38. The van der Waals surface area contributed by atoms with Gasteiger partial charge < -0.3 is 15.4 Å². The number of ketones is 1. The first-order valence-corrected chi connectivity index (χ1v) is 12.1. The number of pyridine rings is 1. The molecule has 0 spiro atoms. The van der Waals surface area contributed by atoms with Crippen molar-refractivity contribution < 1.29 is 9.53 Å². The van der Waals surface area contributed by atoms with Crippen LogP contribution in [0.2, 0.25) is 0 Å². The lowest BCUT2D eigenvalue weighted by molar-refractivity contribution is -0.122. The first-order valence-electron chi connectivity index (χ1n) is 12.1. The number of anilines is 1. The fourth-order valence-electron chi connectivity index (χ4n) is 4.95. The van der Waals surface area contributed by atoms with E-state index in [-0.39, 0.29) is 11.5 Å². The number of nitrogens with zero attached hydrogens (tertiary/aromatic N) is 1. The molecule has 2 aliphatic rings. The lowest BCUT2D eigenvalue weighted by Crippen LogP contribution is -2.40. The van der Waals surface area contributed by atoms with Crippen LogP contribution in [0.15, 0.2) is 42.6 Å². The molecular formula is C27H37N3O2. The Labute approximate surface area is 192 Å². The molecule has 0 unspecified atom stereocenters. The lowest BCUT2D eigenvalue weighted by atomic mass is 9.88. The Bertz CT molecular complexity index is 919. The zero-order chi connectivity index (χ0) is 22.6. The van der Waals surface area contributed by atoms with Gasteiger partial charge in [-0.15, -0.1) is 0 Å². The minimum absolute atomic E-state index is 0.0245. The predicted molar refractivity (Wildman–Crippen MR) is 130 cm³/mol. The van der Waals surface area contributed by atoms with E-state index >= 15 is 0 Å². The van der Waals surface area contributed by atoms with E-state index in [1.807, 2.05) is 12.3 Å². The normalized spacial score (nSPS) is 25.3. The van der Waals surface area contributed by atoms with Crippen molar-refractivity contribution in [1.29, 1.82) is 0 Å². The maximum absolute atomic E-state index is 12.8. The summed E-state index contributed by atoms with van der Waals surface area (Å²) in [6.07, 6.45) is 6.46. The van der Waals surface area contributed by atoms with Gasteiger partial charge in [-0.3, -0.25) is 9.78 Å². The van der Waals surface area contributed by atoms with Gasteiger partial charge in [0, 0.05) is 55.7 Å². The van der Waals surface area contributed by atoms with Gasteiger partial charge in [-0.2, -0.15) is 0 Å². The summed E-state index contributed by atoms with van der Waals surface area (Å²) in [6.45, 7) is 9.12. The Hall–Kier alpha value is -2.24. The zero-order valence-electron chi connectivity index (χ0n) is 19.7. The molecule has 5 heteroatoms. The van der Waals surface area contributed by atoms with Crippen molar-refractivity contribution >= 4 is 11.5 Å². The number of carbonyl (C=O) groups is 1. The van der Waals surface area contributed by atoms with Crippen LogP contribution in [0, 0.1) is 11.8 Å². The van der Waals surface area contributed by atoms with Crippen LogP contribution >= 0.6 is 0 Å². The molecule has 4 rings (SSSR count). The van der Waals surface area contributed by atoms with Crippen LogP contribution in [0.3, 0.4) is 0 Å². The monoisotopic (exact) mass is 435 g/mol. The number of Topliss-reactive ketones (excluding diaryl/α,β-unsaturated/α-hetero) is 1. The largest absolute Gasteiger partial charge is 0.385 e. The van der Waals surface area contributed by atoms with E-state index in [0.29, 0.717) is 24.2 Å². The van der Waals surface area contributed by atoms with E-state index in [1.165, 1.54) is 0 Å². The molecule has 2 aromatic rings. The van der Waals surface area contributed by atoms with Gasteiger partial charge in [-0.05, 0) is 87.8 Å². The molecule has 3 heterocycles. The predicted octanol–water partition coefficient (Wildman–Crippen LogP) is 4.87. The van der Waals surface area contributed by atoms with Crippen LogP contribution in [0.1, 0.15) is 52.1 Å². The number of piperidine rings is 1. The first-order chi connectivity index (χ1) is 15.4. The Morgan fingerprint density at radius 2 is 2.03 bits per heavy atom. The minimum Gasteiger partial charge on any atom is -0.385 e. The maximum Gasteiger partial charge on any atom is 0.143 e. The smallest absolute Gasteiger partial charge is 0.143 e. The number of hydrogen-bond donors (Lipinski definition) is 2. The molecule has 5 nitrogen and oxygen atoms in total. The van der Waals surface area contributed by atoms with Crippen molar-refractivity contribution in [2.75, 3.05) is 25.0 Å². The number of carbonyl (C=O) groups excluding carboxylic acids is 1. The van der Waals surface area contributed by atoms with Gasteiger partial charge in [0.25, 0.3) is 0 Å². The average molecular weight is 436 g/mol. The zero-order valence-corrected chi connectivity index (χ0v) is 19.7. The second-order valence-corrected chi connectivity index (χ2v) is 10.2. The molecule has 2 saturated heterocycles. The summed E-state index contributed by atoms with van der Waals surface area (Å²) in [6, 6.07) is 13.1. The average Bonchev–Trinajstić information content (AvgIpc) is 2.78. The highest BCUT2D eigenvalue weighted by Gasteiger charge is 2.28. The summed E-state index contributed by atoms with van der Waals surface area (Å²) < 4.78 is 5.85. The van der Waals surface area contributed by atoms with Crippen LogP contribution in [-0.4, -0.2) is 42.1 Å². The van der Waals surface area contributed by atoms with Crippen molar-refractivity contribution in [3.05, 3.63) is 48.3 Å². The number of ether oxygens (including phenoxy) is 1. The molecule has 1 aromatic carbocycles. The third-order valence-corrected chi connectivity index (χ3v) is 6.88. The van der Waals surface area contributed by atoms with Gasteiger partial charge in [-0.1, -0.05) is 12.1 Å². The fraction of sp³-hybridized carbons (Fsp3) is 0.556. The topological polar surface area (TPSA) is 63.2 Å². The van der Waals surface area contributed by atoms with Gasteiger partial charge in [0.05, 0.1) is 5.60 Å². The molecular weight excluding hydrogens is 398 g/mol. The van der Waals surface area contributed by atoms with Gasteiger partial charge in [-0.25, -0.2) is 0 Å². The summed E-state index contributed by atoms with van der Waals surface area (Å²) >= 11 is 0. The molecule has 172 valence electrons. The van der Waals surface area contributed by atoms with E-state index in [4.69, 9.17) is 4.74 Å². The molecule has 3 atom stereocenters. The molecule has 0 saturated carbocycles. The van der Waals surface area contributed by atoms with Crippen LogP contribution in [0.4, 0.5) is 5.69 Å². The molecule has 0 aliphatic carbocycles. The van der Waals surface area contributed by atoms with Crippen molar-refractivity contribution in [2.24, 2.45) is 11.8 Å². The number of aromatic nitrogens is 1. The molecule has 2 fully saturated rings. The van der Waals surface area contributed by atoms with E-state index in [0.717, 1.165) is 67.9 Å². The van der Waals surface area contributed by atoms with E-state index < -0.39 is 0 Å². The lowest BCUT2D eigenvalue weighted by Gasteiger charge is -2.35. The molecule has 0 bridgehead atoms. The number of benzene rings is 1. The van der Waals surface area contributed by atoms with Gasteiger partial charge in [0.15, 0.2) is 0 Å². The Morgan fingerprint density at radius 3 is 2.81 bits per heavy atom. The highest BCUT2D eigenvalue weighted by molar-refractivity contribution is 5.83. The quantitative estimate of drug-likeness (QED) is 0.650. The summed E-state index contributed by atoms with van der Waals surface area (Å²) in [5, 5.41) is 7.05. The SMILES string of the molecule is C[C@@H]1CC[C@@H](C(=O)Cc2cc(-c3cccc(NC[C@@H]4CCOC(C)(C)C4)c3)ccn2)CN1. The summed E-state index contributed by atoms with van der Waals surface area (Å²) in [5.41, 5.74) is 4.21. The maximum atomic E-state index is 12.8. The number of rotatable bonds is 7. The Morgan fingerprint density at radius 1 is 1.19 bits per heavy atom. The van der Waals surface area contributed by atoms with Crippen LogP contribution in [0.5, 0.6) is 0 Å². The number of nitrogens with one attached hydrogen (secondary N) is 2. The molecule has 0 amide bonds. The molecule has 2 N–H and O–H groups in total. The first kappa shape index (κ1) is 22.9. The molecule has 0 radical (unpaired) electrons. The van der Waals surface area contributed by atoms with E-state index in [2.05, 4.69) is 66.7 Å². The third-order valence-electron chi connectivity index (χ3n) is 6.88. The fourth-order valence-corrected chi connectivity index (χ4v) is 4.95.